The van der Waals surface area contributed by atoms with Gasteiger partial charge >= 0.3 is 0 Å². The average Bonchev–Trinajstić information content (AvgIpc) is 3.27. The molecule has 0 aliphatic carbocycles. The van der Waals surface area contributed by atoms with E-state index in [0.717, 1.165) is 27.9 Å². The molecule has 5 aromatic rings. The molecule has 9 nitrogen and oxygen atoms in total. The van der Waals surface area contributed by atoms with Crippen molar-refractivity contribution in [1.29, 1.82) is 0 Å². The van der Waals surface area contributed by atoms with Crippen LogP contribution in [0, 0.1) is 0 Å². The quantitative estimate of drug-likeness (QED) is 0.442. The lowest BCUT2D eigenvalue weighted by molar-refractivity contribution is 0.181. The topological polar surface area (TPSA) is 118 Å². The summed E-state index contributed by atoms with van der Waals surface area (Å²) in [5, 5.41) is 9.53. The Morgan fingerprint density at radius 2 is 1.72 bits per heavy atom. The van der Waals surface area contributed by atoms with E-state index in [0.29, 0.717) is 30.2 Å². The molecule has 0 aliphatic heterocycles. The second kappa shape index (κ2) is 8.48. The molecule has 0 unspecified atom stereocenters. The molecular weight excluding hydrogens is 404 g/mol. The largest absolute Gasteiger partial charge is 0.378 e. The Kier molecular flexibility index (Phi) is 5.22. The van der Waals surface area contributed by atoms with Crippen LogP contribution < -0.4 is 5.73 Å². The number of aromatic nitrogens is 7. The molecule has 0 saturated carbocycles. The number of para-hydroxylation sites is 1. The molecular formula is C23H20N8O. The summed E-state index contributed by atoms with van der Waals surface area (Å²) in [4.78, 5) is 17.9. The summed E-state index contributed by atoms with van der Waals surface area (Å²) in [6.45, 7) is 0.938. The zero-order chi connectivity index (χ0) is 21.9. The number of fused-ring (bicyclic) bond motifs is 1. The number of pyridine rings is 2. The summed E-state index contributed by atoms with van der Waals surface area (Å²) in [5.74, 6) is 0.161. The first-order valence-electron chi connectivity index (χ1n) is 10.0. The number of hydrogen-bond donors (Lipinski definition) is 1. The van der Waals surface area contributed by atoms with Crippen molar-refractivity contribution in [2.45, 2.75) is 13.2 Å². The van der Waals surface area contributed by atoms with Gasteiger partial charge in [-0.3, -0.25) is 9.97 Å². The molecule has 32 heavy (non-hydrogen) atoms. The maximum atomic E-state index is 6.03. The first kappa shape index (κ1) is 19.7. The highest BCUT2D eigenvalue weighted by Crippen LogP contribution is 2.28. The van der Waals surface area contributed by atoms with Gasteiger partial charge in [0.05, 0.1) is 47.6 Å². The van der Waals surface area contributed by atoms with E-state index in [1.54, 1.807) is 18.0 Å². The van der Waals surface area contributed by atoms with Crippen molar-refractivity contribution in [1.82, 2.24) is 34.9 Å². The zero-order valence-electron chi connectivity index (χ0n) is 17.4. The van der Waals surface area contributed by atoms with E-state index in [1.165, 1.54) is 0 Å². The molecule has 0 fully saturated rings. The first-order chi connectivity index (χ1) is 15.7. The molecule has 158 valence electrons. The number of rotatable bonds is 6. The van der Waals surface area contributed by atoms with E-state index < -0.39 is 0 Å². The van der Waals surface area contributed by atoms with Crippen molar-refractivity contribution in [2.75, 3.05) is 12.8 Å². The smallest absolute Gasteiger partial charge is 0.221 e. The maximum absolute atomic E-state index is 6.03. The first-order valence-corrected chi connectivity index (χ1v) is 10.0. The minimum atomic E-state index is 0.161. The predicted octanol–water partition coefficient (Wildman–Crippen LogP) is 3.12. The number of methoxy groups -OCH3 is 1. The number of nitrogens with zero attached hydrogens (tertiary/aromatic N) is 7. The summed E-state index contributed by atoms with van der Waals surface area (Å²) in [5.41, 5.74) is 11.4. The molecule has 4 aromatic heterocycles. The minimum absolute atomic E-state index is 0.161. The van der Waals surface area contributed by atoms with Gasteiger partial charge in [0.1, 0.15) is 5.69 Å². The lowest BCUT2D eigenvalue weighted by atomic mass is 10.1. The number of nitrogen functional groups attached to an aromatic ring is 1. The third kappa shape index (κ3) is 4.01. The van der Waals surface area contributed by atoms with Crippen LogP contribution in [0.1, 0.15) is 11.4 Å². The lowest BCUT2D eigenvalue weighted by Gasteiger charge is -2.07. The molecule has 4 heterocycles. The number of ether oxygens (including phenoxy) is 1. The second-order valence-corrected chi connectivity index (χ2v) is 7.23. The van der Waals surface area contributed by atoms with Crippen molar-refractivity contribution in [3.05, 3.63) is 78.4 Å². The summed E-state index contributed by atoms with van der Waals surface area (Å²) < 4.78 is 6.87. The molecule has 0 saturated heterocycles. The van der Waals surface area contributed by atoms with Crippen molar-refractivity contribution >= 4 is 16.9 Å². The number of nitrogens with two attached hydrogens (primary N) is 1. The average molecular weight is 424 g/mol. The van der Waals surface area contributed by atoms with Gasteiger partial charge < -0.3 is 10.5 Å². The Bertz CT molecular complexity index is 1390. The summed E-state index contributed by atoms with van der Waals surface area (Å²) in [7, 11) is 1.65. The van der Waals surface area contributed by atoms with Gasteiger partial charge in [-0.05, 0) is 24.3 Å². The molecule has 0 radical (unpaired) electrons. The molecule has 0 atom stereocenters. The molecule has 0 amide bonds. The summed E-state index contributed by atoms with van der Waals surface area (Å²) >= 11 is 0. The van der Waals surface area contributed by atoms with Crippen LogP contribution in [0.3, 0.4) is 0 Å². The Labute approximate surface area is 184 Å². The normalized spacial score (nSPS) is 11.2. The van der Waals surface area contributed by atoms with Crippen molar-refractivity contribution in [3.63, 3.8) is 0 Å². The van der Waals surface area contributed by atoms with E-state index in [1.807, 2.05) is 60.8 Å². The van der Waals surface area contributed by atoms with Crippen LogP contribution in [0.2, 0.25) is 0 Å². The van der Waals surface area contributed by atoms with E-state index in [9.17, 15) is 0 Å². The Hall–Kier alpha value is -4.24. The third-order valence-electron chi connectivity index (χ3n) is 4.93. The van der Waals surface area contributed by atoms with Crippen LogP contribution in [-0.2, 0) is 17.9 Å². The molecule has 0 bridgehead atoms. The van der Waals surface area contributed by atoms with Gasteiger partial charge in [0.2, 0.25) is 5.95 Å². The van der Waals surface area contributed by atoms with Gasteiger partial charge in [0, 0.05) is 24.3 Å². The Morgan fingerprint density at radius 1 is 0.906 bits per heavy atom. The maximum Gasteiger partial charge on any atom is 0.221 e. The van der Waals surface area contributed by atoms with Crippen molar-refractivity contribution < 1.29 is 4.74 Å². The van der Waals surface area contributed by atoms with Crippen LogP contribution in [0.4, 0.5) is 5.95 Å². The molecule has 0 spiro atoms. The summed E-state index contributed by atoms with van der Waals surface area (Å²) in [6, 6.07) is 17.5. The monoisotopic (exact) mass is 424 g/mol. The van der Waals surface area contributed by atoms with Crippen molar-refractivity contribution in [2.24, 2.45) is 0 Å². The van der Waals surface area contributed by atoms with Gasteiger partial charge in [-0.1, -0.05) is 35.5 Å². The van der Waals surface area contributed by atoms with E-state index >= 15 is 0 Å². The standard InChI is InChI=1S/C23H20N8O/c1-32-14-17-8-3-7-16(26-17)12-31-13-21(29-30-31)20-11-19(27-23(24)28-20)18-9-2-5-15-6-4-10-25-22(15)18/h2-11,13H,12,14H2,1H3,(H2,24,27,28). The SMILES string of the molecule is COCc1cccc(Cn2cc(-c3cc(-c4cccc5cccnc45)nc(N)n3)nn2)n1. The predicted molar refractivity (Wildman–Crippen MR) is 120 cm³/mol. The fourth-order valence-electron chi connectivity index (χ4n) is 3.55. The highest BCUT2D eigenvalue weighted by molar-refractivity contribution is 5.93. The van der Waals surface area contributed by atoms with Gasteiger partial charge in [-0.25, -0.2) is 14.6 Å². The Balaban J connectivity index is 1.47. The van der Waals surface area contributed by atoms with E-state index in [-0.39, 0.29) is 5.95 Å². The van der Waals surface area contributed by atoms with Gasteiger partial charge in [-0.2, -0.15) is 0 Å². The number of benzene rings is 1. The van der Waals surface area contributed by atoms with E-state index in [4.69, 9.17) is 10.5 Å². The highest BCUT2D eigenvalue weighted by Gasteiger charge is 2.13. The van der Waals surface area contributed by atoms with Gasteiger partial charge in [0.15, 0.2) is 0 Å². The van der Waals surface area contributed by atoms with Crippen LogP contribution in [0.5, 0.6) is 0 Å². The molecule has 5 rings (SSSR count). The highest BCUT2D eigenvalue weighted by atomic mass is 16.5. The van der Waals surface area contributed by atoms with Crippen LogP contribution >= 0.6 is 0 Å². The number of hydrogen-bond acceptors (Lipinski definition) is 8. The minimum Gasteiger partial charge on any atom is -0.378 e. The van der Waals surface area contributed by atoms with Crippen molar-refractivity contribution in [3.8, 4) is 22.6 Å². The van der Waals surface area contributed by atoms with Gasteiger partial charge in [0.25, 0.3) is 0 Å². The van der Waals surface area contributed by atoms with Gasteiger partial charge in [-0.15, -0.1) is 5.10 Å². The molecule has 0 aliphatic rings. The van der Waals surface area contributed by atoms with Crippen LogP contribution in [-0.4, -0.2) is 42.0 Å². The Morgan fingerprint density at radius 3 is 2.62 bits per heavy atom. The second-order valence-electron chi connectivity index (χ2n) is 7.23. The summed E-state index contributed by atoms with van der Waals surface area (Å²) in [6.07, 6.45) is 3.58. The van der Waals surface area contributed by atoms with Crippen LogP contribution in [0.15, 0.2) is 67.0 Å². The zero-order valence-corrected chi connectivity index (χ0v) is 17.4. The lowest BCUT2D eigenvalue weighted by Crippen LogP contribution is -2.04. The fraction of sp³-hybridized carbons (Fsp3) is 0.130. The van der Waals surface area contributed by atoms with Crippen LogP contribution in [0.25, 0.3) is 33.5 Å². The fourth-order valence-corrected chi connectivity index (χ4v) is 3.55. The third-order valence-corrected chi connectivity index (χ3v) is 4.93. The molecule has 9 heteroatoms. The van der Waals surface area contributed by atoms with E-state index in [2.05, 4.69) is 30.2 Å². The molecule has 1 aromatic carbocycles. The number of anilines is 1. The molecule has 2 N–H and O–H groups in total.